The second kappa shape index (κ2) is 9.83. The topological polar surface area (TPSA) is 90.8 Å². The standard InChI is InChI=1S/C21H25Cl2N3O4S/c1-25(31(29,30)19-7-6-17(22)14-18(19)23)11-3-5-20(27)26-12-8-21(28,9-13-26)16-4-2-10-24-15-16/h2,4,6-7,10,14-15,28H,3,5,8-9,11-13H2,1H3. The fourth-order valence-corrected chi connectivity index (χ4v) is 5.59. The summed E-state index contributed by atoms with van der Waals surface area (Å²) in [6, 6.07) is 7.86. The van der Waals surface area contributed by atoms with E-state index in [-0.39, 0.29) is 28.8 Å². The minimum atomic E-state index is -3.78. The zero-order chi connectivity index (χ0) is 22.6. The molecule has 2 heterocycles. The smallest absolute Gasteiger partial charge is 0.244 e. The number of amides is 1. The maximum absolute atomic E-state index is 12.7. The predicted molar refractivity (Wildman–Crippen MR) is 119 cm³/mol. The van der Waals surface area contributed by atoms with E-state index in [2.05, 4.69) is 4.98 Å². The molecule has 0 aliphatic carbocycles. The molecule has 1 amide bonds. The van der Waals surface area contributed by atoms with Crippen LogP contribution >= 0.6 is 23.2 Å². The summed E-state index contributed by atoms with van der Waals surface area (Å²) in [4.78, 5) is 18.3. The Kier molecular flexibility index (Phi) is 7.59. The van der Waals surface area contributed by atoms with Gasteiger partial charge in [0.05, 0.1) is 10.6 Å². The molecule has 0 spiro atoms. The minimum absolute atomic E-state index is 0.0156. The van der Waals surface area contributed by atoms with Gasteiger partial charge in [-0.3, -0.25) is 9.78 Å². The summed E-state index contributed by atoms with van der Waals surface area (Å²) in [7, 11) is -2.32. The van der Waals surface area contributed by atoms with Crippen molar-refractivity contribution in [2.24, 2.45) is 0 Å². The van der Waals surface area contributed by atoms with E-state index in [1.165, 1.54) is 29.6 Å². The zero-order valence-corrected chi connectivity index (χ0v) is 19.5. The molecule has 1 aromatic heterocycles. The number of halogens is 2. The Labute approximate surface area is 192 Å². The molecule has 31 heavy (non-hydrogen) atoms. The highest BCUT2D eigenvalue weighted by atomic mass is 35.5. The van der Waals surface area contributed by atoms with Crippen molar-refractivity contribution in [3.8, 4) is 0 Å². The quantitative estimate of drug-likeness (QED) is 0.649. The first-order chi connectivity index (χ1) is 14.6. The number of rotatable bonds is 7. The monoisotopic (exact) mass is 485 g/mol. The third-order valence-corrected chi connectivity index (χ3v) is 8.16. The van der Waals surface area contributed by atoms with Gasteiger partial charge in [0.15, 0.2) is 0 Å². The number of pyridine rings is 1. The van der Waals surface area contributed by atoms with E-state index >= 15 is 0 Å². The predicted octanol–water partition coefficient (Wildman–Crippen LogP) is 3.30. The van der Waals surface area contributed by atoms with Crippen molar-refractivity contribution in [2.75, 3.05) is 26.7 Å². The van der Waals surface area contributed by atoms with Gasteiger partial charge in [-0.25, -0.2) is 12.7 Å². The van der Waals surface area contributed by atoms with Crippen LogP contribution in [0.2, 0.25) is 10.0 Å². The Morgan fingerprint density at radius 3 is 2.58 bits per heavy atom. The fraction of sp³-hybridized carbons (Fsp3) is 0.429. The number of hydrogen-bond acceptors (Lipinski definition) is 5. The van der Waals surface area contributed by atoms with Crippen LogP contribution in [-0.4, -0.2) is 60.3 Å². The lowest BCUT2D eigenvalue weighted by Gasteiger charge is -2.38. The summed E-state index contributed by atoms with van der Waals surface area (Å²) in [5.41, 5.74) is -0.216. The fourth-order valence-electron chi connectivity index (χ4n) is 3.64. The second-order valence-corrected chi connectivity index (χ2v) is 10.5. The van der Waals surface area contributed by atoms with Crippen molar-refractivity contribution in [1.29, 1.82) is 0 Å². The van der Waals surface area contributed by atoms with E-state index in [1.807, 2.05) is 6.07 Å². The van der Waals surface area contributed by atoms with Crippen LogP contribution in [0, 0.1) is 0 Å². The van der Waals surface area contributed by atoms with Gasteiger partial charge in [0, 0.05) is 56.1 Å². The number of aliphatic hydroxyl groups is 1. The third kappa shape index (κ3) is 5.56. The number of carbonyl (C=O) groups excluding carboxylic acids is 1. The number of sulfonamides is 1. The number of hydrogen-bond donors (Lipinski definition) is 1. The van der Waals surface area contributed by atoms with Crippen LogP contribution in [0.4, 0.5) is 0 Å². The van der Waals surface area contributed by atoms with E-state index in [9.17, 15) is 18.3 Å². The maximum Gasteiger partial charge on any atom is 0.244 e. The summed E-state index contributed by atoms with van der Waals surface area (Å²) in [5, 5.41) is 11.3. The normalized spacial score (nSPS) is 16.5. The Morgan fingerprint density at radius 2 is 1.97 bits per heavy atom. The van der Waals surface area contributed by atoms with Crippen LogP contribution in [0.25, 0.3) is 0 Å². The number of benzene rings is 1. The maximum atomic E-state index is 12.7. The first-order valence-electron chi connectivity index (χ1n) is 9.95. The number of carbonyl (C=O) groups is 1. The van der Waals surface area contributed by atoms with Crippen molar-refractivity contribution >= 4 is 39.1 Å². The van der Waals surface area contributed by atoms with Gasteiger partial charge < -0.3 is 10.0 Å². The van der Waals surface area contributed by atoms with Gasteiger partial charge in [-0.1, -0.05) is 29.3 Å². The van der Waals surface area contributed by atoms with Crippen molar-refractivity contribution in [3.05, 3.63) is 58.3 Å². The molecule has 0 unspecified atom stereocenters. The van der Waals surface area contributed by atoms with Gasteiger partial charge in [-0.15, -0.1) is 0 Å². The largest absolute Gasteiger partial charge is 0.385 e. The molecule has 2 aromatic rings. The highest BCUT2D eigenvalue weighted by molar-refractivity contribution is 7.89. The Hall–Kier alpha value is -1.71. The minimum Gasteiger partial charge on any atom is -0.385 e. The molecule has 1 aliphatic heterocycles. The van der Waals surface area contributed by atoms with Crippen LogP contribution in [-0.2, 0) is 20.4 Å². The molecule has 1 aromatic carbocycles. The molecule has 1 saturated heterocycles. The van der Waals surface area contributed by atoms with Gasteiger partial charge in [-0.05, 0) is 43.5 Å². The summed E-state index contributed by atoms with van der Waals surface area (Å²) in [6.45, 7) is 1.07. The first-order valence-corrected chi connectivity index (χ1v) is 12.2. The van der Waals surface area contributed by atoms with Gasteiger partial charge in [0.2, 0.25) is 15.9 Å². The first kappa shape index (κ1) is 23.9. The van der Waals surface area contributed by atoms with E-state index < -0.39 is 15.6 Å². The van der Waals surface area contributed by atoms with E-state index in [0.717, 1.165) is 5.56 Å². The molecule has 1 N–H and O–H groups in total. The van der Waals surface area contributed by atoms with Crippen molar-refractivity contribution in [1.82, 2.24) is 14.2 Å². The number of piperidine rings is 1. The zero-order valence-electron chi connectivity index (χ0n) is 17.2. The molecule has 1 fully saturated rings. The highest BCUT2D eigenvalue weighted by Gasteiger charge is 2.35. The van der Waals surface area contributed by atoms with E-state index in [1.54, 1.807) is 23.4 Å². The average Bonchev–Trinajstić information content (AvgIpc) is 2.74. The lowest BCUT2D eigenvalue weighted by atomic mass is 9.85. The Balaban J connectivity index is 1.50. The van der Waals surface area contributed by atoms with Gasteiger partial charge in [-0.2, -0.15) is 0 Å². The van der Waals surface area contributed by atoms with Crippen LogP contribution in [0.15, 0.2) is 47.6 Å². The lowest BCUT2D eigenvalue weighted by Crippen LogP contribution is -2.45. The van der Waals surface area contributed by atoms with Crippen LogP contribution in [0.5, 0.6) is 0 Å². The molecular weight excluding hydrogens is 461 g/mol. The summed E-state index contributed by atoms with van der Waals surface area (Å²) < 4.78 is 26.6. The molecule has 10 heteroatoms. The SMILES string of the molecule is CN(CCCC(=O)N1CCC(O)(c2cccnc2)CC1)S(=O)(=O)c1ccc(Cl)cc1Cl. The molecule has 0 radical (unpaired) electrons. The van der Waals surface area contributed by atoms with Crippen molar-refractivity contribution in [2.45, 2.75) is 36.2 Å². The van der Waals surface area contributed by atoms with Crippen LogP contribution < -0.4 is 0 Å². The van der Waals surface area contributed by atoms with Gasteiger partial charge in [0.25, 0.3) is 0 Å². The Morgan fingerprint density at radius 1 is 1.26 bits per heavy atom. The lowest BCUT2D eigenvalue weighted by molar-refractivity contribution is -0.135. The summed E-state index contributed by atoms with van der Waals surface area (Å²) in [6.07, 6.45) is 4.79. The molecule has 0 bridgehead atoms. The van der Waals surface area contributed by atoms with E-state index in [0.29, 0.717) is 37.4 Å². The molecule has 0 atom stereocenters. The van der Waals surface area contributed by atoms with Crippen molar-refractivity contribution in [3.63, 3.8) is 0 Å². The molecule has 7 nitrogen and oxygen atoms in total. The van der Waals surface area contributed by atoms with Gasteiger partial charge >= 0.3 is 0 Å². The third-order valence-electron chi connectivity index (χ3n) is 5.59. The van der Waals surface area contributed by atoms with E-state index in [4.69, 9.17) is 23.2 Å². The second-order valence-electron chi connectivity index (χ2n) is 7.66. The molecule has 1 aliphatic rings. The summed E-state index contributed by atoms with van der Waals surface area (Å²) >= 11 is 11.9. The molecule has 168 valence electrons. The number of nitrogens with zero attached hydrogens (tertiary/aromatic N) is 3. The molecular formula is C21H25Cl2N3O4S. The summed E-state index contributed by atoms with van der Waals surface area (Å²) in [5.74, 6) is -0.0523. The number of aromatic nitrogens is 1. The average molecular weight is 486 g/mol. The van der Waals surface area contributed by atoms with Crippen molar-refractivity contribution < 1.29 is 18.3 Å². The highest BCUT2D eigenvalue weighted by Crippen LogP contribution is 2.32. The van der Waals surface area contributed by atoms with Crippen LogP contribution in [0.3, 0.4) is 0 Å². The number of likely N-dealkylation sites (tertiary alicyclic amines) is 1. The van der Waals surface area contributed by atoms with Crippen LogP contribution in [0.1, 0.15) is 31.2 Å². The molecule has 3 rings (SSSR count). The van der Waals surface area contributed by atoms with Gasteiger partial charge in [0.1, 0.15) is 4.90 Å². The molecule has 0 saturated carbocycles. The Bertz CT molecular complexity index is 1030.